The number of hydrogen-bond acceptors (Lipinski definition) is 0. The molecule has 0 aromatic heterocycles. The Bertz CT molecular complexity index is 186. The first-order chi connectivity index (χ1) is 5.99. The van der Waals surface area contributed by atoms with Gasteiger partial charge in [0.25, 0.3) is 0 Å². The van der Waals surface area contributed by atoms with Gasteiger partial charge in [0.2, 0.25) is 0 Å². The molecule has 1 fully saturated rings. The van der Waals surface area contributed by atoms with E-state index >= 15 is 0 Å². The van der Waals surface area contributed by atoms with Crippen LogP contribution in [0.25, 0.3) is 0 Å². The highest BCUT2D eigenvalue weighted by Crippen LogP contribution is 2.32. The highest BCUT2D eigenvalue weighted by atomic mass is 19.4. The van der Waals surface area contributed by atoms with E-state index in [0.717, 1.165) is 19.3 Å². The Morgan fingerprint density at radius 2 is 1.62 bits per heavy atom. The molecule has 4 heteroatoms. The average molecular weight is 196 g/mol. The Kier molecular flexibility index (Phi) is 3.33. The smallest absolute Gasteiger partial charge is 0.212 e. The van der Waals surface area contributed by atoms with Gasteiger partial charge in [0.1, 0.15) is 5.83 Å². The van der Waals surface area contributed by atoms with Crippen molar-refractivity contribution in [3.8, 4) is 0 Å². The predicted octanol–water partition coefficient (Wildman–Crippen LogP) is 3.98. The topological polar surface area (TPSA) is 0 Å². The lowest BCUT2D eigenvalue weighted by Gasteiger charge is -2.19. The van der Waals surface area contributed by atoms with Gasteiger partial charge in [0.15, 0.2) is 0 Å². The summed E-state index contributed by atoms with van der Waals surface area (Å²) in [5.74, 6) is -1.48. The fourth-order valence-electron chi connectivity index (χ4n) is 1.65. The van der Waals surface area contributed by atoms with Gasteiger partial charge in [0.05, 0.1) is 6.08 Å². The molecule has 1 aliphatic rings. The van der Waals surface area contributed by atoms with Gasteiger partial charge in [-0.25, -0.2) is 4.39 Å². The summed E-state index contributed by atoms with van der Waals surface area (Å²) < 4.78 is 48.2. The van der Waals surface area contributed by atoms with Gasteiger partial charge in [-0.3, -0.25) is 0 Å². The van der Waals surface area contributed by atoms with Crippen LogP contribution in [0.2, 0.25) is 0 Å². The average Bonchev–Trinajstić information content (AvgIpc) is 2.03. The molecule has 0 nitrogen and oxygen atoms in total. The first-order valence-corrected chi connectivity index (χ1v) is 4.44. The lowest BCUT2D eigenvalue weighted by Crippen LogP contribution is -2.10. The molecule has 0 heterocycles. The van der Waals surface area contributed by atoms with E-state index < -0.39 is 17.9 Å². The molecule has 0 unspecified atom stereocenters. The molecule has 1 aliphatic carbocycles. The molecule has 1 rings (SSSR count). The molecule has 76 valence electrons. The number of alkyl halides is 3. The Balaban J connectivity index is 2.54. The summed E-state index contributed by atoms with van der Waals surface area (Å²) in [5, 5.41) is 0. The third kappa shape index (κ3) is 3.79. The molecule has 0 radical (unpaired) electrons. The molecule has 1 saturated carbocycles. The Hall–Kier alpha value is -0.540. The molecule has 0 aliphatic heterocycles. The first kappa shape index (κ1) is 10.5. The summed E-state index contributed by atoms with van der Waals surface area (Å²) in [6, 6.07) is 0. The van der Waals surface area contributed by atoms with Gasteiger partial charge in [-0.15, -0.1) is 0 Å². The van der Waals surface area contributed by atoms with Crippen molar-refractivity contribution < 1.29 is 17.6 Å². The van der Waals surface area contributed by atoms with Crippen molar-refractivity contribution in [3.63, 3.8) is 0 Å². The fourth-order valence-corrected chi connectivity index (χ4v) is 1.65. The highest BCUT2D eigenvalue weighted by Gasteiger charge is 2.28. The highest BCUT2D eigenvalue weighted by molar-refractivity contribution is 5.02. The van der Waals surface area contributed by atoms with Crippen LogP contribution in [0.1, 0.15) is 32.1 Å². The van der Waals surface area contributed by atoms with E-state index in [2.05, 4.69) is 0 Å². The number of halogens is 4. The molecule has 13 heavy (non-hydrogen) atoms. The summed E-state index contributed by atoms with van der Waals surface area (Å²) in [7, 11) is 0. The zero-order chi connectivity index (χ0) is 9.90. The fraction of sp³-hybridized carbons (Fsp3) is 0.778. The summed E-state index contributed by atoms with van der Waals surface area (Å²) in [5.41, 5.74) is 0. The van der Waals surface area contributed by atoms with Crippen molar-refractivity contribution in [2.75, 3.05) is 0 Å². The van der Waals surface area contributed by atoms with Gasteiger partial charge in [0, 0.05) is 5.92 Å². The van der Waals surface area contributed by atoms with Crippen molar-refractivity contribution in [1.82, 2.24) is 0 Å². The number of allylic oxidation sites excluding steroid dienone is 2. The SMILES string of the molecule is F/C(=C\C(F)(F)F)C1CCCCC1. The standard InChI is InChI=1S/C9H12F4/c10-8(6-9(11,12)13)7-4-2-1-3-5-7/h6-7H,1-5H2/b8-6-. The third-order valence-corrected chi connectivity index (χ3v) is 2.30. The molecule has 0 aromatic rings. The van der Waals surface area contributed by atoms with Crippen molar-refractivity contribution >= 4 is 0 Å². The van der Waals surface area contributed by atoms with Crippen LogP contribution < -0.4 is 0 Å². The second-order valence-electron chi connectivity index (χ2n) is 3.41. The summed E-state index contributed by atoms with van der Waals surface area (Å²) >= 11 is 0. The minimum Gasteiger partial charge on any atom is -0.212 e. The van der Waals surface area contributed by atoms with E-state index in [-0.39, 0.29) is 6.08 Å². The normalized spacial score (nSPS) is 22.0. The molecule has 0 N–H and O–H groups in total. The zero-order valence-corrected chi connectivity index (χ0v) is 7.20. The predicted molar refractivity (Wildman–Crippen MR) is 41.8 cm³/mol. The Morgan fingerprint density at radius 3 is 2.08 bits per heavy atom. The van der Waals surface area contributed by atoms with Gasteiger partial charge in [-0.05, 0) is 12.8 Å². The zero-order valence-electron chi connectivity index (χ0n) is 7.20. The van der Waals surface area contributed by atoms with Crippen molar-refractivity contribution in [1.29, 1.82) is 0 Å². The maximum Gasteiger partial charge on any atom is 0.412 e. The maximum absolute atomic E-state index is 12.9. The lowest BCUT2D eigenvalue weighted by atomic mass is 9.88. The molecule has 0 aromatic carbocycles. The molecular weight excluding hydrogens is 184 g/mol. The van der Waals surface area contributed by atoms with Crippen LogP contribution in [0.5, 0.6) is 0 Å². The summed E-state index contributed by atoms with van der Waals surface area (Å²) in [6.07, 6.45) is -0.926. The van der Waals surface area contributed by atoms with Crippen LogP contribution in [0, 0.1) is 5.92 Å². The van der Waals surface area contributed by atoms with E-state index in [1.165, 1.54) is 0 Å². The van der Waals surface area contributed by atoms with Gasteiger partial charge >= 0.3 is 6.18 Å². The van der Waals surface area contributed by atoms with Crippen LogP contribution in [-0.2, 0) is 0 Å². The van der Waals surface area contributed by atoms with Crippen LogP contribution in [0.15, 0.2) is 11.9 Å². The molecule has 0 saturated heterocycles. The monoisotopic (exact) mass is 196 g/mol. The van der Waals surface area contributed by atoms with E-state index in [9.17, 15) is 17.6 Å². The number of rotatable bonds is 1. The lowest BCUT2D eigenvalue weighted by molar-refractivity contribution is -0.0820. The minimum atomic E-state index is -4.51. The molecule has 0 atom stereocenters. The van der Waals surface area contributed by atoms with Gasteiger partial charge in [-0.2, -0.15) is 13.2 Å². The molecule has 0 spiro atoms. The van der Waals surface area contributed by atoms with Gasteiger partial charge < -0.3 is 0 Å². The van der Waals surface area contributed by atoms with Crippen LogP contribution in [0.4, 0.5) is 17.6 Å². The second kappa shape index (κ2) is 4.11. The Morgan fingerprint density at radius 1 is 1.08 bits per heavy atom. The van der Waals surface area contributed by atoms with E-state index in [0.29, 0.717) is 12.8 Å². The second-order valence-corrected chi connectivity index (χ2v) is 3.41. The quantitative estimate of drug-likeness (QED) is 0.556. The summed E-state index contributed by atoms with van der Waals surface area (Å²) in [4.78, 5) is 0. The first-order valence-electron chi connectivity index (χ1n) is 4.44. The summed E-state index contributed by atoms with van der Waals surface area (Å²) in [6.45, 7) is 0. The molecular formula is C9H12F4. The van der Waals surface area contributed by atoms with Crippen molar-refractivity contribution in [2.45, 2.75) is 38.3 Å². The van der Waals surface area contributed by atoms with Crippen molar-refractivity contribution in [3.05, 3.63) is 11.9 Å². The van der Waals surface area contributed by atoms with Gasteiger partial charge in [-0.1, -0.05) is 19.3 Å². The van der Waals surface area contributed by atoms with E-state index in [1.54, 1.807) is 0 Å². The van der Waals surface area contributed by atoms with Crippen LogP contribution in [0.3, 0.4) is 0 Å². The van der Waals surface area contributed by atoms with Crippen LogP contribution >= 0.6 is 0 Å². The third-order valence-electron chi connectivity index (χ3n) is 2.30. The molecule has 0 amide bonds. The van der Waals surface area contributed by atoms with Crippen LogP contribution in [-0.4, -0.2) is 6.18 Å². The number of hydrogen-bond donors (Lipinski definition) is 0. The minimum absolute atomic E-state index is 0.205. The maximum atomic E-state index is 12.9. The Labute approximate surface area is 74.6 Å². The molecule has 0 bridgehead atoms. The van der Waals surface area contributed by atoms with Crippen molar-refractivity contribution in [2.24, 2.45) is 5.92 Å². The van der Waals surface area contributed by atoms with E-state index in [4.69, 9.17) is 0 Å². The van der Waals surface area contributed by atoms with E-state index in [1.807, 2.05) is 0 Å². The largest absolute Gasteiger partial charge is 0.412 e.